The van der Waals surface area contributed by atoms with E-state index in [1.54, 1.807) is 0 Å². The van der Waals surface area contributed by atoms with Gasteiger partial charge < -0.3 is 20.7 Å². The Labute approximate surface area is 73.3 Å². The lowest BCUT2D eigenvalue weighted by Crippen LogP contribution is -2.13. The van der Waals surface area contributed by atoms with E-state index in [1.807, 2.05) is 0 Å². The van der Waals surface area contributed by atoms with Crippen molar-refractivity contribution in [1.82, 2.24) is 0 Å². The van der Waals surface area contributed by atoms with E-state index in [2.05, 4.69) is 0 Å². The highest BCUT2D eigenvalue weighted by atomic mass is 16.5. The summed E-state index contributed by atoms with van der Waals surface area (Å²) in [6.07, 6.45) is 1.44. The molecule has 0 aromatic carbocycles. The van der Waals surface area contributed by atoms with Crippen LogP contribution in [-0.2, 0) is 4.74 Å². The Morgan fingerprint density at radius 2 is 2.00 bits per heavy atom. The van der Waals surface area contributed by atoms with Gasteiger partial charge in [0.15, 0.2) is 0 Å². The summed E-state index contributed by atoms with van der Waals surface area (Å²) >= 11 is 0. The molecular weight excluding hydrogens is 158 g/mol. The molecule has 0 saturated carbocycles. The molecule has 0 saturated heterocycles. The Hall–Kier alpha value is -0.160. The summed E-state index contributed by atoms with van der Waals surface area (Å²) in [5.74, 6) is 0. The lowest BCUT2D eigenvalue weighted by atomic mass is 10.2. The molecule has 4 nitrogen and oxygen atoms in total. The quantitative estimate of drug-likeness (QED) is 0.436. The molecule has 4 N–H and O–H groups in total. The Bertz CT molecular complexity index is 90.4. The highest BCUT2D eigenvalue weighted by molar-refractivity contribution is 4.53. The van der Waals surface area contributed by atoms with Crippen molar-refractivity contribution in [2.24, 2.45) is 5.73 Å². The molecule has 12 heavy (non-hydrogen) atoms. The van der Waals surface area contributed by atoms with Gasteiger partial charge in [-0.15, -0.1) is 0 Å². The van der Waals surface area contributed by atoms with Gasteiger partial charge in [-0.25, -0.2) is 0 Å². The topological polar surface area (TPSA) is 75.7 Å². The molecule has 0 aromatic heterocycles. The Morgan fingerprint density at radius 1 is 1.25 bits per heavy atom. The number of ether oxygens (including phenoxy) is 1. The van der Waals surface area contributed by atoms with Gasteiger partial charge >= 0.3 is 0 Å². The van der Waals surface area contributed by atoms with Crippen LogP contribution in [0.5, 0.6) is 0 Å². The molecule has 0 spiro atoms. The maximum absolute atomic E-state index is 9.14. The van der Waals surface area contributed by atoms with E-state index in [4.69, 9.17) is 20.7 Å². The molecule has 0 heterocycles. The fourth-order valence-electron chi connectivity index (χ4n) is 0.800. The number of aliphatic hydroxyl groups is 2. The summed E-state index contributed by atoms with van der Waals surface area (Å²) in [7, 11) is 0. The average molecular weight is 177 g/mol. The molecule has 0 fully saturated rings. The highest BCUT2D eigenvalue weighted by Crippen LogP contribution is 1.97. The molecule has 74 valence electrons. The Kier molecular flexibility index (Phi) is 8.81. The largest absolute Gasteiger partial charge is 0.396 e. The second-order valence-corrected chi connectivity index (χ2v) is 2.71. The predicted octanol–water partition coefficient (Wildman–Crippen LogP) is -0.515. The van der Waals surface area contributed by atoms with Crippen LogP contribution < -0.4 is 5.73 Å². The second kappa shape index (κ2) is 8.93. The van der Waals surface area contributed by atoms with Crippen molar-refractivity contribution < 1.29 is 14.9 Å². The minimum absolute atomic E-state index is 0.0317. The van der Waals surface area contributed by atoms with Crippen LogP contribution in [0.1, 0.15) is 19.3 Å². The van der Waals surface area contributed by atoms with Crippen LogP contribution in [-0.4, -0.2) is 42.7 Å². The normalized spacial score (nSPS) is 13.2. The molecule has 1 atom stereocenters. The molecular formula is C8H19NO3. The van der Waals surface area contributed by atoms with Crippen LogP contribution in [0.25, 0.3) is 0 Å². The molecule has 0 amide bonds. The van der Waals surface area contributed by atoms with Gasteiger partial charge in [-0.05, 0) is 25.8 Å². The van der Waals surface area contributed by atoms with E-state index in [0.29, 0.717) is 32.6 Å². The van der Waals surface area contributed by atoms with Gasteiger partial charge in [0.05, 0.1) is 6.10 Å². The van der Waals surface area contributed by atoms with E-state index in [1.165, 1.54) is 0 Å². The van der Waals surface area contributed by atoms with Gasteiger partial charge in [0.25, 0.3) is 0 Å². The van der Waals surface area contributed by atoms with E-state index in [9.17, 15) is 0 Å². The minimum atomic E-state index is -0.437. The zero-order chi connectivity index (χ0) is 9.23. The summed E-state index contributed by atoms with van der Waals surface area (Å²) in [6, 6.07) is 0. The average Bonchev–Trinajstić information content (AvgIpc) is 2.05. The Balaban J connectivity index is 2.97. The van der Waals surface area contributed by atoms with Crippen molar-refractivity contribution in [2.75, 3.05) is 26.4 Å². The first-order valence-corrected chi connectivity index (χ1v) is 4.38. The first-order valence-electron chi connectivity index (χ1n) is 4.38. The molecule has 0 radical (unpaired) electrons. The van der Waals surface area contributed by atoms with Gasteiger partial charge in [-0.3, -0.25) is 0 Å². The van der Waals surface area contributed by atoms with E-state index < -0.39 is 6.10 Å². The van der Waals surface area contributed by atoms with Crippen LogP contribution in [0, 0.1) is 0 Å². The SMILES string of the molecule is NCCCOCC[C@@H](O)CCO. The van der Waals surface area contributed by atoms with Crippen molar-refractivity contribution >= 4 is 0 Å². The van der Waals surface area contributed by atoms with Crippen LogP contribution in [0.3, 0.4) is 0 Å². The highest BCUT2D eigenvalue weighted by Gasteiger charge is 2.01. The van der Waals surface area contributed by atoms with Gasteiger partial charge in [0.1, 0.15) is 0 Å². The predicted molar refractivity (Wildman–Crippen MR) is 46.8 cm³/mol. The summed E-state index contributed by atoms with van der Waals surface area (Å²) in [4.78, 5) is 0. The van der Waals surface area contributed by atoms with Crippen molar-refractivity contribution in [3.8, 4) is 0 Å². The molecule has 0 aliphatic carbocycles. The number of aliphatic hydroxyl groups excluding tert-OH is 2. The lowest BCUT2D eigenvalue weighted by Gasteiger charge is -2.08. The van der Waals surface area contributed by atoms with E-state index in [-0.39, 0.29) is 6.61 Å². The van der Waals surface area contributed by atoms with Gasteiger partial charge in [0.2, 0.25) is 0 Å². The zero-order valence-electron chi connectivity index (χ0n) is 7.41. The standard InChI is InChI=1S/C8H19NO3/c9-4-1-6-12-7-3-8(11)2-5-10/h8,10-11H,1-7,9H2/t8-/m0/s1. The molecule has 4 heteroatoms. The van der Waals surface area contributed by atoms with Crippen molar-refractivity contribution in [1.29, 1.82) is 0 Å². The minimum Gasteiger partial charge on any atom is -0.396 e. The van der Waals surface area contributed by atoms with E-state index >= 15 is 0 Å². The second-order valence-electron chi connectivity index (χ2n) is 2.71. The fraction of sp³-hybridized carbons (Fsp3) is 1.00. The van der Waals surface area contributed by atoms with Gasteiger partial charge in [-0.1, -0.05) is 0 Å². The number of hydrogen-bond donors (Lipinski definition) is 3. The monoisotopic (exact) mass is 177 g/mol. The Morgan fingerprint density at radius 3 is 2.58 bits per heavy atom. The third kappa shape index (κ3) is 7.94. The molecule has 0 unspecified atom stereocenters. The smallest absolute Gasteiger partial charge is 0.0584 e. The van der Waals surface area contributed by atoms with E-state index in [0.717, 1.165) is 6.42 Å². The number of nitrogens with two attached hydrogens (primary N) is 1. The molecule has 0 aliphatic rings. The lowest BCUT2D eigenvalue weighted by molar-refractivity contribution is 0.0683. The van der Waals surface area contributed by atoms with Crippen molar-refractivity contribution in [3.05, 3.63) is 0 Å². The van der Waals surface area contributed by atoms with Crippen LogP contribution in [0.4, 0.5) is 0 Å². The summed E-state index contributed by atoms with van der Waals surface area (Å²) in [5.41, 5.74) is 5.26. The van der Waals surface area contributed by atoms with Crippen LogP contribution in [0.2, 0.25) is 0 Å². The fourth-order valence-corrected chi connectivity index (χ4v) is 0.800. The molecule has 0 aliphatic heterocycles. The van der Waals surface area contributed by atoms with Gasteiger partial charge in [0, 0.05) is 19.8 Å². The first-order chi connectivity index (χ1) is 5.81. The zero-order valence-corrected chi connectivity index (χ0v) is 7.41. The summed E-state index contributed by atoms with van der Waals surface area (Å²) in [5, 5.41) is 17.6. The van der Waals surface area contributed by atoms with Crippen molar-refractivity contribution in [3.63, 3.8) is 0 Å². The summed E-state index contributed by atoms with van der Waals surface area (Å²) < 4.78 is 5.17. The van der Waals surface area contributed by atoms with Crippen molar-refractivity contribution in [2.45, 2.75) is 25.4 Å². The third-order valence-corrected chi connectivity index (χ3v) is 1.55. The van der Waals surface area contributed by atoms with Crippen LogP contribution in [0.15, 0.2) is 0 Å². The third-order valence-electron chi connectivity index (χ3n) is 1.55. The number of hydrogen-bond acceptors (Lipinski definition) is 4. The van der Waals surface area contributed by atoms with Crippen LogP contribution >= 0.6 is 0 Å². The molecule has 0 rings (SSSR count). The molecule has 0 aromatic rings. The number of rotatable bonds is 8. The summed E-state index contributed by atoms with van der Waals surface area (Å²) in [6.45, 7) is 1.87. The first kappa shape index (κ1) is 11.8. The molecule has 0 bridgehead atoms. The maximum Gasteiger partial charge on any atom is 0.0584 e. The van der Waals surface area contributed by atoms with Gasteiger partial charge in [-0.2, -0.15) is 0 Å². The maximum atomic E-state index is 9.14.